The van der Waals surface area contributed by atoms with E-state index in [9.17, 15) is 24.3 Å². The van der Waals surface area contributed by atoms with E-state index in [2.05, 4.69) is 22.9 Å². The van der Waals surface area contributed by atoms with Crippen molar-refractivity contribution in [2.24, 2.45) is 11.8 Å². The normalized spacial score (nSPS) is 25.3. The third kappa shape index (κ3) is 9.80. The SMILES string of the molecule is CCCC[C@H](C)[C@@H]1CC(=O)N[C@H](Cc2ccccc2)C(=O)N[C@@H](CO)C(=O)N[C@H](C[C@H](C)CC)C(=O)O1. The average Bonchev–Trinajstić information content (AvgIpc) is 2.89. The highest BCUT2D eigenvalue weighted by molar-refractivity contribution is 5.94. The molecule has 37 heavy (non-hydrogen) atoms. The molecule has 0 spiro atoms. The topological polar surface area (TPSA) is 134 Å². The molecule has 6 atom stereocenters. The van der Waals surface area contributed by atoms with E-state index in [4.69, 9.17) is 4.74 Å². The molecule has 9 nitrogen and oxygen atoms in total. The van der Waals surface area contributed by atoms with Crippen LogP contribution in [0.15, 0.2) is 30.3 Å². The van der Waals surface area contributed by atoms with Gasteiger partial charge >= 0.3 is 5.97 Å². The van der Waals surface area contributed by atoms with Gasteiger partial charge in [0, 0.05) is 6.42 Å². The largest absolute Gasteiger partial charge is 0.460 e. The Balaban J connectivity index is 2.40. The highest BCUT2D eigenvalue weighted by atomic mass is 16.5. The summed E-state index contributed by atoms with van der Waals surface area (Å²) in [6.45, 7) is 7.30. The number of amides is 3. The molecule has 1 heterocycles. The van der Waals surface area contributed by atoms with Gasteiger partial charge in [0.1, 0.15) is 24.2 Å². The number of hydrogen-bond acceptors (Lipinski definition) is 6. The van der Waals surface area contributed by atoms with Crippen LogP contribution >= 0.6 is 0 Å². The van der Waals surface area contributed by atoms with Crippen molar-refractivity contribution in [1.82, 2.24) is 16.0 Å². The van der Waals surface area contributed by atoms with Gasteiger partial charge in [-0.15, -0.1) is 0 Å². The van der Waals surface area contributed by atoms with Gasteiger partial charge in [0.2, 0.25) is 17.7 Å². The summed E-state index contributed by atoms with van der Waals surface area (Å²) in [7, 11) is 0. The van der Waals surface area contributed by atoms with Crippen LogP contribution in [0.5, 0.6) is 0 Å². The number of cyclic esters (lactones) is 1. The standard InChI is InChI=1S/C28H43N3O6/c1-5-7-11-19(4)24-16-25(33)29-21(15-20-12-9-8-10-13-20)26(34)31-23(17-32)27(35)30-22(28(36)37-24)14-18(3)6-2/h8-10,12-13,18-19,21-24,32H,5-7,11,14-17H2,1-4H3,(H,29,33)(H,30,35)(H,31,34)/t18-,19+,21-,22-,23+,24+/m1/s1. The quantitative estimate of drug-likeness (QED) is 0.352. The highest BCUT2D eigenvalue weighted by Gasteiger charge is 2.34. The third-order valence-electron chi connectivity index (χ3n) is 6.99. The van der Waals surface area contributed by atoms with Gasteiger partial charge in [0.15, 0.2) is 0 Å². The Labute approximate surface area is 220 Å². The molecular formula is C28H43N3O6. The van der Waals surface area contributed by atoms with Gasteiger partial charge in [-0.25, -0.2) is 4.79 Å². The Morgan fingerprint density at radius 1 is 0.946 bits per heavy atom. The maximum atomic E-state index is 13.3. The van der Waals surface area contributed by atoms with E-state index in [1.165, 1.54) is 0 Å². The number of carbonyl (C=O) groups excluding carboxylic acids is 4. The van der Waals surface area contributed by atoms with Gasteiger partial charge in [-0.2, -0.15) is 0 Å². The zero-order chi connectivity index (χ0) is 27.4. The molecule has 2 rings (SSSR count). The van der Waals surface area contributed by atoms with Crippen molar-refractivity contribution < 1.29 is 29.0 Å². The smallest absolute Gasteiger partial charge is 0.328 e. The second-order valence-electron chi connectivity index (χ2n) is 10.2. The van der Waals surface area contributed by atoms with E-state index in [-0.39, 0.29) is 24.7 Å². The van der Waals surface area contributed by atoms with Crippen LogP contribution in [0, 0.1) is 11.8 Å². The minimum atomic E-state index is -1.28. The molecule has 0 bridgehead atoms. The number of carbonyl (C=O) groups is 4. The molecule has 4 N–H and O–H groups in total. The average molecular weight is 518 g/mol. The van der Waals surface area contributed by atoms with E-state index in [1.807, 2.05) is 51.1 Å². The molecule has 206 valence electrons. The van der Waals surface area contributed by atoms with Crippen LogP contribution in [0.1, 0.15) is 71.8 Å². The Hall–Kier alpha value is -2.94. The predicted octanol–water partition coefficient (Wildman–Crippen LogP) is 2.25. The molecule has 9 heteroatoms. The van der Waals surface area contributed by atoms with E-state index in [0.29, 0.717) is 6.42 Å². The molecule has 1 aliphatic rings. The van der Waals surface area contributed by atoms with Gasteiger partial charge < -0.3 is 25.8 Å². The summed E-state index contributed by atoms with van der Waals surface area (Å²) in [5.74, 6) is -2.28. The van der Waals surface area contributed by atoms with Crippen molar-refractivity contribution in [3.63, 3.8) is 0 Å². The predicted molar refractivity (Wildman–Crippen MR) is 140 cm³/mol. The number of nitrogens with one attached hydrogen (secondary N) is 3. The van der Waals surface area contributed by atoms with Gasteiger partial charge in [0.25, 0.3) is 0 Å². The number of unbranched alkanes of at least 4 members (excludes halogenated alkanes) is 1. The minimum absolute atomic E-state index is 0.0914. The van der Waals surface area contributed by atoms with Gasteiger partial charge in [-0.1, -0.05) is 77.3 Å². The van der Waals surface area contributed by atoms with Crippen LogP contribution in [0.3, 0.4) is 0 Å². The first-order chi connectivity index (χ1) is 17.7. The van der Waals surface area contributed by atoms with Crippen LogP contribution in [0.2, 0.25) is 0 Å². The molecule has 0 aromatic heterocycles. The minimum Gasteiger partial charge on any atom is -0.460 e. The summed E-state index contributed by atoms with van der Waals surface area (Å²) in [5, 5.41) is 17.9. The summed E-state index contributed by atoms with van der Waals surface area (Å²) in [5.41, 5.74) is 0.824. The Bertz CT molecular complexity index is 893. The number of aliphatic hydroxyl groups is 1. The summed E-state index contributed by atoms with van der Waals surface area (Å²) in [4.78, 5) is 52.6. The summed E-state index contributed by atoms with van der Waals surface area (Å²) >= 11 is 0. The van der Waals surface area contributed by atoms with E-state index in [0.717, 1.165) is 31.2 Å². The zero-order valence-electron chi connectivity index (χ0n) is 22.5. The Morgan fingerprint density at radius 3 is 2.22 bits per heavy atom. The maximum Gasteiger partial charge on any atom is 0.328 e. The molecule has 0 saturated carbocycles. The summed E-state index contributed by atoms with van der Waals surface area (Å²) in [6, 6.07) is 5.98. The van der Waals surface area contributed by atoms with Gasteiger partial charge in [-0.05, 0) is 30.2 Å². The van der Waals surface area contributed by atoms with Crippen LogP contribution in [0.4, 0.5) is 0 Å². The lowest BCUT2D eigenvalue weighted by Crippen LogP contribution is -2.57. The highest BCUT2D eigenvalue weighted by Crippen LogP contribution is 2.21. The first-order valence-corrected chi connectivity index (χ1v) is 13.4. The zero-order valence-corrected chi connectivity index (χ0v) is 22.5. The lowest BCUT2D eigenvalue weighted by molar-refractivity contribution is -0.157. The van der Waals surface area contributed by atoms with E-state index in [1.54, 1.807) is 0 Å². The van der Waals surface area contributed by atoms with Gasteiger partial charge in [0.05, 0.1) is 13.0 Å². The Morgan fingerprint density at radius 2 is 1.59 bits per heavy atom. The molecule has 0 unspecified atom stereocenters. The molecule has 1 aromatic rings. The molecule has 1 fully saturated rings. The van der Waals surface area contributed by atoms with Crippen LogP contribution in [-0.2, 0) is 30.3 Å². The van der Waals surface area contributed by atoms with Crippen molar-refractivity contribution in [3.05, 3.63) is 35.9 Å². The fraction of sp³-hybridized carbons (Fsp3) is 0.643. The number of esters is 1. The number of aliphatic hydroxyl groups excluding tert-OH is 1. The fourth-order valence-corrected chi connectivity index (χ4v) is 4.32. The molecule has 3 amide bonds. The lowest BCUT2D eigenvalue weighted by Gasteiger charge is -2.28. The second-order valence-corrected chi connectivity index (χ2v) is 10.2. The summed E-state index contributed by atoms with van der Waals surface area (Å²) < 4.78 is 5.87. The molecule has 1 aromatic carbocycles. The maximum absolute atomic E-state index is 13.3. The molecule has 0 radical (unpaired) electrons. The first kappa shape index (κ1) is 30.3. The van der Waals surface area contributed by atoms with Crippen molar-refractivity contribution >= 4 is 23.7 Å². The lowest BCUT2D eigenvalue weighted by atomic mass is 9.94. The van der Waals surface area contributed by atoms with E-state index >= 15 is 0 Å². The third-order valence-corrected chi connectivity index (χ3v) is 6.99. The number of hydrogen-bond donors (Lipinski definition) is 4. The molecular weight excluding hydrogens is 474 g/mol. The number of benzene rings is 1. The van der Waals surface area contributed by atoms with Crippen molar-refractivity contribution in [1.29, 1.82) is 0 Å². The fourth-order valence-electron chi connectivity index (χ4n) is 4.32. The Kier molecular flexibility index (Phi) is 12.6. The monoisotopic (exact) mass is 517 g/mol. The van der Waals surface area contributed by atoms with Gasteiger partial charge in [-0.3, -0.25) is 14.4 Å². The van der Waals surface area contributed by atoms with Crippen molar-refractivity contribution in [2.45, 2.75) is 96.9 Å². The van der Waals surface area contributed by atoms with Crippen LogP contribution in [0.25, 0.3) is 0 Å². The molecule has 1 saturated heterocycles. The molecule has 0 aliphatic carbocycles. The van der Waals surface area contributed by atoms with Crippen molar-refractivity contribution in [2.75, 3.05) is 6.61 Å². The number of ether oxygens (including phenoxy) is 1. The first-order valence-electron chi connectivity index (χ1n) is 13.4. The van der Waals surface area contributed by atoms with Crippen LogP contribution < -0.4 is 16.0 Å². The second kappa shape index (κ2) is 15.3. The van der Waals surface area contributed by atoms with E-state index < -0.39 is 54.5 Å². The molecule has 1 aliphatic heterocycles. The van der Waals surface area contributed by atoms with Crippen LogP contribution in [-0.4, -0.2) is 59.6 Å². The summed E-state index contributed by atoms with van der Waals surface area (Å²) in [6.07, 6.45) is 3.18. The van der Waals surface area contributed by atoms with Crippen molar-refractivity contribution in [3.8, 4) is 0 Å². The number of rotatable bonds is 10.